The van der Waals surface area contributed by atoms with E-state index in [1.807, 2.05) is 0 Å². The molecule has 0 aromatic heterocycles. The average molecular weight is 919 g/mol. The molecule has 0 aliphatic carbocycles. The van der Waals surface area contributed by atoms with Crippen molar-refractivity contribution in [2.45, 2.75) is 107 Å². The molecule has 7 rings (SSSR count). The molecule has 66 heavy (non-hydrogen) atoms. The molecule has 7 N–H and O–H groups in total. The van der Waals surface area contributed by atoms with Crippen molar-refractivity contribution in [2.24, 2.45) is 0 Å². The van der Waals surface area contributed by atoms with Crippen molar-refractivity contribution in [2.75, 3.05) is 34.9 Å². The second-order valence-corrected chi connectivity index (χ2v) is 16.9. The number of carbonyl (C=O) groups is 6. The van der Waals surface area contributed by atoms with Gasteiger partial charge in [-0.05, 0) is 73.9 Å². The fourth-order valence-corrected chi connectivity index (χ4v) is 8.05. The molecule has 356 valence electrons. The molecule has 0 saturated carbocycles. The van der Waals surface area contributed by atoms with Crippen molar-refractivity contribution in [1.29, 1.82) is 0 Å². The van der Waals surface area contributed by atoms with E-state index in [0.29, 0.717) is 28.2 Å². The number of ether oxygens (including phenoxy) is 4. The summed E-state index contributed by atoms with van der Waals surface area (Å²) < 4.78 is 23.1. The number of carbonyl (C=O) groups excluding carboxylic acids is 6. The Balaban J connectivity index is 1.38. The van der Waals surface area contributed by atoms with Crippen molar-refractivity contribution in [3.8, 4) is 23.0 Å². The fraction of sp³-hybridized carbons (Fsp3) is 0.478. The Labute approximate surface area is 381 Å². The van der Waals surface area contributed by atoms with Crippen LogP contribution in [0.25, 0.3) is 0 Å². The molecule has 20 heteroatoms. The van der Waals surface area contributed by atoms with Crippen LogP contribution in [0.1, 0.15) is 37.5 Å². The van der Waals surface area contributed by atoms with Gasteiger partial charge in [-0.25, -0.2) is 0 Å². The maximum Gasteiger partial charge on any atom is 0.246 e. The number of amides is 6. The molecule has 4 heterocycles. The first-order valence-electron chi connectivity index (χ1n) is 21.5. The minimum absolute atomic E-state index is 0.00547. The van der Waals surface area contributed by atoms with E-state index in [2.05, 4.69) is 16.0 Å². The second-order valence-electron chi connectivity index (χ2n) is 16.9. The number of hydrogen-bond donors (Lipinski definition) is 7. The van der Waals surface area contributed by atoms with Crippen LogP contribution in [0.4, 0.5) is 0 Å². The fourth-order valence-electron chi connectivity index (χ4n) is 8.05. The molecule has 0 radical (unpaired) electrons. The van der Waals surface area contributed by atoms with E-state index in [9.17, 15) is 49.2 Å². The van der Waals surface area contributed by atoms with Crippen molar-refractivity contribution in [3.05, 3.63) is 83.4 Å². The largest absolute Gasteiger partial charge is 0.497 e. The van der Waals surface area contributed by atoms with Gasteiger partial charge in [0.05, 0.1) is 13.7 Å². The highest BCUT2D eigenvalue weighted by Crippen LogP contribution is 2.36. The monoisotopic (exact) mass is 918 g/mol. The van der Waals surface area contributed by atoms with Gasteiger partial charge in [0.25, 0.3) is 0 Å². The van der Waals surface area contributed by atoms with E-state index >= 15 is 0 Å². The van der Waals surface area contributed by atoms with Gasteiger partial charge in [-0.3, -0.25) is 28.8 Å². The van der Waals surface area contributed by atoms with E-state index in [-0.39, 0.29) is 30.8 Å². The van der Waals surface area contributed by atoms with Crippen molar-refractivity contribution >= 4 is 35.4 Å². The maximum atomic E-state index is 14.9. The molecule has 0 unspecified atom stereocenters. The standard InChI is InChI=1S/C46H58N6O14/c1-23-40(57)48-24(2)43(60)50(4)31(18-26-8-13-29(63-7)14-9-26)42(59)49-25(3)44(61)52(6)33-19-27-10-15-30(16-11-27)64-35-21-28(20-32(41(58)47-23)51(5)45(33)62)12-17-34(35)65-46-39(56)38(55)37(54)36(22-53)66-46/h8-17,21,23-25,31-33,36-39,46,53-56H,18-20,22H2,1-7H3,(H,47,58)(H,48,57)(H,49,59)/t23-,24-,25-,31+,32+,33-,36+,37+,38-,39+,46+/m1/s1. The van der Waals surface area contributed by atoms with Gasteiger partial charge in [-0.1, -0.05) is 30.3 Å². The quantitative estimate of drug-likeness (QED) is 0.157. The Bertz CT molecular complexity index is 2260. The number of aliphatic hydroxyl groups is 4. The third-order valence-electron chi connectivity index (χ3n) is 12.2. The van der Waals surface area contributed by atoms with E-state index < -0.39 is 109 Å². The van der Waals surface area contributed by atoms with Gasteiger partial charge >= 0.3 is 0 Å². The zero-order valence-electron chi connectivity index (χ0n) is 37.7. The van der Waals surface area contributed by atoms with E-state index in [0.717, 1.165) is 0 Å². The molecule has 4 aliphatic rings. The third-order valence-corrected chi connectivity index (χ3v) is 12.2. The summed E-state index contributed by atoms with van der Waals surface area (Å²) in [6.07, 6.45) is -8.08. The van der Waals surface area contributed by atoms with Crippen LogP contribution in [0.2, 0.25) is 0 Å². The van der Waals surface area contributed by atoms with Crippen LogP contribution in [-0.4, -0.2) is 172 Å². The number of rotatable bonds is 6. The molecule has 6 bridgehead atoms. The highest BCUT2D eigenvalue weighted by atomic mass is 16.7. The number of hydrogen-bond acceptors (Lipinski definition) is 14. The van der Waals surface area contributed by atoms with Crippen LogP contribution in [0.3, 0.4) is 0 Å². The predicted octanol–water partition coefficient (Wildman–Crippen LogP) is -0.984. The molecule has 4 aliphatic heterocycles. The van der Waals surface area contributed by atoms with Gasteiger partial charge in [0.2, 0.25) is 41.7 Å². The average Bonchev–Trinajstić information content (AvgIpc) is 3.30. The summed E-state index contributed by atoms with van der Waals surface area (Å²) in [4.78, 5) is 89.0. The lowest BCUT2D eigenvalue weighted by molar-refractivity contribution is -0.277. The smallest absolute Gasteiger partial charge is 0.246 e. The number of aliphatic hydroxyl groups excluding tert-OH is 4. The molecule has 20 nitrogen and oxygen atoms in total. The zero-order chi connectivity index (χ0) is 48.1. The van der Waals surface area contributed by atoms with Crippen LogP contribution >= 0.6 is 0 Å². The number of methoxy groups -OCH3 is 1. The Morgan fingerprint density at radius 2 is 1.23 bits per heavy atom. The molecule has 0 spiro atoms. The highest BCUT2D eigenvalue weighted by molar-refractivity contribution is 5.98. The first kappa shape index (κ1) is 49.1. The number of likely N-dealkylation sites (N-methyl/N-ethyl adjacent to an activating group) is 3. The Morgan fingerprint density at radius 1 is 0.652 bits per heavy atom. The predicted molar refractivity (Wildman–Crippen MR) is 234 cm³/mol. The molecule has 6 amide bonds. The Morgan fingerprint density at radius 3 is 1.86 bits per heavy atom. The van der Waals surface area contributed by atoms with Gasteiger partial charge in [0.1, 0.15) is 72.2 Å². The summed E-state index contributed by atoms with van der Waals surface area (Å²) in [7, 11) is 5.76. The van der Waals surface area contributed by atoms with E-state index in [1.165, 1.54) is 75.9 Å². The van der Waals surface area contributed by atoms with Crippen molar-refractivity contribution < 1.29 is 68.1 Å². The van der Waals surface area contributed by atoms with E-state index in [4.69, 9.17) is 18.9 Å². The summed E-state index contributed by atoms with van der Waals surface area (Å²) in [5.74, 6) is -3.10. The van der Waals surface area contributed by atoms with Gasteiger partial charge in [-0.2, -0.15) is 0 Å². The molecular weight excluding hydrogens is 861 g/mol. The van der Waals surface area contributed by atoms with Gasteiger partial charge in [0, 0.05) is 40.4 Å². The van der Waals surface area contributed by atoms with Crippen LogP contribution < -0.4 is 30.2 Å². The van der Waals surface area contributed by atoms with Crippen LogP contribution in [0, 0.1) is 0 Å². The lowest BCUT2D eigenvalue weighted by Gasteiger charge is -2.39. The molecule has 2 fully saturated rings. The normalized spacial score (nSPS) is 29.5. The van der Waals surface area contributed by atoms with Crippen molar-refractivity contribution in [3.63, 3.8) is 0 Å². The summed E-state index contributed by atoms with van der Waals surface area (Å²) in [5.41, 5.74) is 1.67. The van der Waals surface area contributed by atoms with Crippen LogP contribution in [0.5, 0.6) is 23.0 Å². The lowest BCUT2D eigenvalue weighted by atomic mass is 9.98. The number of nitrogens with one attached hydrogen (secondary N) is 3. The Hall–Kier alpha value is -6.32. The van der Waals surface area contributed by atoms with Crippen LogP contribution in [-0.2, 0) is 52.8 Å². The number of benzene rings is 3. The molecule has 11 atom stereocenters. The SMILES string of the molecule is COc1ccc(C[C@H]2C(=O)N[C@H](C)C(=O)N(C)[C@@H]3Cc4ccc(cc4)Oc4cc(ccc4O[C@H]4O[C@@H](CO)[C@H](O)[C@@H](O)[C@@H]4O)C[C@@H](C(=O)N[C@H](C)C(=O)N[C@H](C)C(=O)N2C)N(C)C3=O)cc1. The third kappa shape index (κ3) is 10.9. The lowest BCUT2D eigenvalue weighted by Crippen LogP contribution is -2.61. The molecule has 3 aromatic carbocycles. The minimum atomic E-state index is -1.73. The van der Waals surface area contributed by atoms with Gasteiger partial charge in [0.15, 0.2) is 11.5 Å². The summed E-state index contributed by atoms with van der Waals surface area (Å²) >= 11 is 0. The Kier molecular flexibility index (Phi) is 15.5. The first-order chi connectivity index (χ1) is 31.3. The highest BCUT2D eigenvalue weighted by Gasteiger charge is 2.45. The molecule has 2 saturated heterocycles. The summed E-state index contributed by atoms with van der Waals surface area (Å²) in [6, 6.07) is 10.7. The van der Waals surface area contributed by atoms with Crippen LogP contribution in [0.15, 0.2) is 66.7 Å². The first-order valence-corrected chi connectivity index (χ1v) is 21.5. The second kappa shape index (κ2) is 20.9. The topological polar surface area (TPSA) is 266 Å². The van der Waals surface area contributed by atoms with Gasteiger partial charge in [-0.15, -0.1) is 0 Å². The number of fused-ring (bicyclic) bond motifs is 2. The maximum absolute atomic E-state index is 14.9. The molecule has 3 aromatic rings. The minimum Gasteiger partial charge on any atom is -0.497 e. The van der Waals surface area contributed by atoms with Crippen molar-refractivity contribution in [1.82, 2.24) is 30.7 Å². The molecular formula is C46H58N6O14. The number of nitrogens with zero attached hydrogens (tertiary/aromatic N) is 3. The van der Waals surface area contributed by atoms with E-state index in [1.54, 1.807) is 54.6 Å². The van der Waals surface area contributed by atoms with Gasteiger partial charge < -0.3 is 70.0 Å². The summed E-state index contributed by atoms with van der Waals surface area (Å²) in [5, 5.41) is 49.2. The zero-order valence-corrected chi connectivity index (χ0v) is 37.7. The summed E-state index contributed by atoms with van der Waals surface area (Å²) in [6.45, 7) is 3.63.